The van der Waals surface area contributed by atoms with Crippen LogP contribution < -0.4 is 9.64 Å². The molecule has 2 aromatic rings. The largest absolute Gasteiger partial charge is 0.487 e. The molecule has 2 fully saturated rings. The Hall–Kier alpha value is -2.74. The van der Waals surface area contributed by atoms with Crippen molar-refractivity contribution in [3.8, 4) is 5.75 Å². The quantitative estimate of drug-likeness (QED) is 0.536. The molecule has 5 rings (SSSR count). The van der Waals surface area contributed by atoms with Crippen molar-refractivity contribution in [2.75, 3.05) is 25.2 Å². The molecule has 2 aliphatic carbocycles. The molecule has 34 heavy (non-hydrogen) atoms. The van der Waals surface area contributed by atoms with Crippen LogP contribution in [0.4, 0.5) is 18.9 Å². The Balaban J connectivity index is 1.26. The van der Waals surface area contributed by atoms with Gasteiger partial charge in [-0.25, -0.2) is 13.2 Å². The average molecular weight is 476 g/mol. The first-order valence-corrected chi connectivity index (χ1v) is 11.7. The number of fused-ring (bicyclic) bond motifs is 1. The fourth-order valence-electron chi connectivity index (χ4n) is 5.02. The molecule has 0 N–H and O–H groups in total. The second-order valence-corrected chi connectivity index (χ2v) is 9.23. The van der Waals surface area contributed by atoms with Gasteiger partial charge < -0.3 is 19.1 Å². The van der Waals surface area contributed by atoms with Crippen LogP contribution >= 0.6 is 0 Å². The van der Waals surface area contributed by atoms with Crippen molar-refractivity contribution in [1.29, 1.82) is 0 Å². The average Bonchev–Trinajstić information content (AvgIpc) is 3.64. The number of hydrogen-bond donors (Lipinski definition) is 0. The van der Waals surface area contributed by atoms with Crippen molar-refractivity contribution in [1.82, 2.24) is 0 Å². The summed E-state index contributed by atoms with van der Waals surface area (Å²) in [4.78, 5) is 14.1. The molecule has 0 radical (unpaired) electrons. The minimum absolute atomic E-state index is 0.108. The van der Waals surface area contributed by atoms with Crippen molar-refractivity contribution in [3.63, 3.8) is 0 Å². The van der Waals surface area contributed by atoms with Gasteiger partial charge in [0.25, 0.3) is 0 Å². The fraction of sp³-hybridized carbons (Fsp3) is 0.500. The predicted octanol–water partition coefficient (Wildman–Crippen LogP) is 4.86. The fourth-order valence-corrected chi connectivity index (χ4v) is 5.02. The molecule has 0 spiro atoms. The van der Waals surface area contributed by atoms with Crippen LogP contribution in [0.15, 0.2) is 36.4 Å². The summed E-state index contributed by atoms with van der Waals surface area (Å²) in [6, 6.07) is 10.9. The van der Waals surface area contributed by atoms with Crippen LogP contribution in [0.2, 0.25) is 0 Å². The van der Waals surface area contributed by atoms with Gasteiger partial charge in [-0.3, -0.25) is 4.79 Å². The van der Waals surface area contributed by atoms with Crippen molar-refractivity contribution in [2.24, 2.45) is 5.92 Å². The molecule has 0 unspecified atom stereocenters. The number of halogens is 3. The smallest absolute Gasteiger partial charge is 0.309 e. The van der Waals surface area contributed by atoms with E-state index in [0.717, 1.165) is 18.4 Å². The van der Waals surface area contributed by atoms with Crippen molar-refractivity contribution < 1.29 is 32.2 Å². The predicted molar refractivity (Wildman–Crippen MR) is 120 cm³/mol. The first-order valence-electron chi connectivity index (χ1n) is 11.7. The molecule has 0 saturated heterocycles. The van der Waals surface area contributed by atoms with Crippen LogP contribution in [-0.2, 0) is 27.2 Å². The number of ether oxygens (including phenoxy) is 3. The van der Waals surface area contributed by atoms with Gasteiger partial charge >= 0.3 is 5.97 Å². The summed E-state index contributed by atoms with van der Waals surface area (Å²) >= 11 is 0. The maximum atomic E-state index is 15.3. The maximum Gasteiger partial charge on any atom is 0.309 e. The summed E-state index contributed by atoms with van der Waals surface area (Å²) in [6.07, 6.45) is -1.73. The summed E-state index contributed by atoms with van der Waals surface area (Å²) in [5, 5.41) is 0. The van der Waals surface area contributed by atoms with E-state index >= 15 is 4.39 Å². The third-order valence-electron chi connectivity index (χ3n) is 7.17. The molecular weight excluding hydrogens is 447 g/mol. The number of benzene rings is 2. The summed E-state index contributed by atoms with van der Waals surface area (Å²) in [5.41, 5.74) is 3.06. The maximum absolute atomic E-state index is 15.3. The summed E-state index contributed by atoms with van der Waals surface area (Å²) in [5.74, 6) is -2.64. The number of methoxy groups -OCH3 is 1. The molecule has 5 atom stereocenters. The van der Waals surface area contributed by atoms with E-state index in [1.165, 1.54) is 0 Å². The highest BCUT2D eigenvalue weighted by Gasteiger charge is 2.58. The van der Waals surface area contributed by atoms with Gasteiger partial charge in [0, 0.05) is 44.3 Å². The van der Waals surface area contributed by atoms with E-state index in [9.17, 15) is 13.6 Å². The van der Waals surface area contributed by atoms with Crippen molar-refractivity contribution in [3.05, 3.63) is 58.9 Å². The molecule has 5 nitrogen and oxygen atoms in total. The van der Waals surface area contributed by atoms with E-state index < -0.39 is 18.1 Å². The lowest BCUT2D eigenvalue weighted by Crippen LogP contribution is -2.60. The van der Waals surface area contributed by atoms with E-state index in [2.05, 4.69) is 9.64 Å². The molecule has 1 aliphatic heterocycles. The number of hydrogen-bond acceptors (Lipinski definition) is 5. The van der Waals surface area contributed by atoms with Gasteiger partial charge in [0.05, 0.1) is 12.5 Å². The summed E-state index contributed by atoms with van der Waals surface area (Å²) < 4.78 is 58.7. The minimum atomic E-state index is -2.28. The summed E-state index contributed by atoms with van der Waals surface area (Å²) in [7, 11) is 1.15. The molecule has 2 aromatic carbocycles. The van der Waals surface area contributed by atoms with Gasteiger partial charge in [0.2, 0.25) is 5.85 Å². The van der Waals surface area contributed by atoms with Gasteiger partial charge in [0.15, 0.2) is 6.17 Å². The Morgan fingerprint density at radius 2 is 2.09 bits per heavy atom. The van der Waals surface area contributed by atoms with E-state index in [4.69, 9.17) is 9.47 Å². The molecule has 0 amide bonds. The molecule has 0 bridgehead atoms. The first-order chi connectivity index (χ1) is 16.3. The van der Waals surface area contributed by atoms with Gasteiger partial charge in [-0.1, -0.05) is 18.2 Å². The van der Waals surface area contributed by atoms with Crippen LogP contribution in [0.1, 0.15) is 42.4 Å². The minimum Gasteiger partial charge on any atom is -0.487 e. The number of rotatable bonds is 7. The van der Waals surface area contributed by atoms with Crippen LogP contribution in [0.3, 0.4) is 0 Å². The van der Waals surface area contributed by atoms with Gasteiger partial charge in [-0.15, -0.1) is 0 Å². The zero-order valence-electron chi connectivity index (χ0n) is 19.2. The second-order valence-electron chi connectivity index (χ2n) is 9.23. The lowest BCUT2D eigenvalue weighted by molar-refractivity contribution is -0.262. The van der Waals surface area contributed by atoms with Crippen LogP contribution in [-0.4, -0.2) is 44.4 Å². The number of carbonyl (C=O) groups excluding carboxylic acids is 1. The Labute approximate surface area is 196 Å². The van der Waals surface area contributed by atoms with Crippen LogP contribution in [0.5, 0.6) is 5.75 Å². The number of esters is 1. The van der Waals surface area contributed by atoms with Crippen molar-refractivity contribution >= 4 is 11.7 Å². The Kier molecular flexibility index (Phi) is 5.96. The summed E-state index contributed by atoms with van der Waals surface area (Å²) in [6.45, 7) is 3.22. The molecular formula is C26H28F3NO4. The van der Waals surface area contributed by atoms with E-state index in [0.29, 0.717) is 49.4 Å². The Morgan fingerprint density at radius 3 is 2.82 bits per heavy atom. The highest BCUT2D eigenvalue weighted by molar-refractivity contribution is 5.77. The van der Waals surface area contributed by atoms with E-state index in [1.807, 2.05) is 12.1 Å². The zero-order chi connectivity index (χ0) is 24.0. The normalized spacial score (nSPS) is 29.7. The molecule has 0 aromatic heterocycles. The van der Waals surface area contributed by atoms with E-state index in [-0.39, 0.29) is 30.0 Å². The lowest BCUT2D eigenvalue weighted by atomic mass is 9.86. The molecule has 8 heteroatoms. The first kappa shape index (κ1) is 23.0. The number of anilines is 1. The van der Waals surface area contributed by atoms with Gasteiger partial charge in [0.1, 0.15) is 17.7 Å². The second kappa shape index (κ2) is 8.80. The van der Waals surface area contributed by atoms with Crippen molar-refractivity contribution in [2.45, 2.75) is 56.8 Å². The molecule has 3 aliphatic rings. The number of carbonyl (C=O) groups is 1. The van der Waals surface area contributed by atoms with Gasteiger partial charge in [-0.05, 0) is 48.6 Å². The lowest BCUT2D eigenvalue weighted by Gasteiger charge is -2.43. The van der Waals surface area contributed by atoms with Gasteiger partial charge in [-0.2, -0.15) is 0 Å². The molecule has 182 valence electrons. The standard InChI is InChI=1S/C26H28F3NO4/c1-3-33-25(31)21-12-20(21)19-8-7-15-14-30(10-9-18(15)23(19)27)16-5-4-6-17(11-16)34-22-13-26(29,32-2)24(22)28/h4-8,11,20-22,24H,3,9-10,12-14H2,1-2H3/t20-,21+,22-,24+,26-/m1/s1. The van der Waals surface area contributed by atoms with E-state index in [1.54, 1.807) is 31.2 Å². The molecule has 2 saturated carbocycles. The topological polar surface area (TPSA) is 48.0 Å². The van der Waals surface area contributed by atoms with Crippen LogP contribution in [0, 0.1) is 11.7 Å². The Bertz CT molecular complexity index is 1100. The number of nitrogens with zero attached hydrogens (tertiary/aromatic N) is 1. The SMILES string of the molecule is CCOC(=O)[C@H]1C[C@@H]1c1ccc2c(c1F)CCN(c1cccc(O[C@@H]3C[C@@](F)(OC)[C@H]3F)c1)C2. The highest BCUT2D eigenvalue weighted by atomic mass is 19.2. The van der Waals surface area contributed by atoms with Crippen LogP contribution in [0.25, 0.3) is 0 Å². The zero-order valence-corrected chi connectivity index (χ0v) is 19.2. The number of alkyl halides is 2. The third-order valence-corrected chi connectivity index (χ3v) is 7.17. The molecule has 1 heterocycles. The Morgan fingerprint density at radius 1 is 1.26 bits per heavy atom. The third kappa shape index (κ3) is 4.02. The monoisotopic (exact) mass is 475 g/mol. The highest BCUT2D eigenvalue weighted by Crippen LogP contribution is 2.50.